The van der Waals surface area contributed by atoms with Crippen molar-refractivity contribution in [3.8, 4) is 0 Å². The van der Waals surface area contributed by atoms with Crippen molar-refractivity contribution >= 4 is 0 Å². The summed E-state index contributed by atoms with van der Waals surface area (Å²) in [7, 11) is 2.12. The van der Waals surface area contributed by atoms with Gasteiger partial charge in [-0.15, -0.1) is 0 Å². The lowest BCUT2D eigenvalue weighted by Crippen LogP contribution is -2.48. The Morgan fingerprint density at radius 3 is 3.07 bits per heavy atom. The molecule has 84 valence electrons. The molecule has 1 fully saturated rings. The summed E-state index contributed by atoms with van der Waals surface area (Å²) in [5, 5.41) is 3.43. The molecule has 1 aliphatic rings. The zero-order chi connectivity index (χ0) is 10.2. The predicted molar refractivity (Wildman–Crippen MR) is 56.6 cm³/mol. The molecule has 1 N–H and O–H groups in total. The van der Waals surface area contributed by atoms with Crippen LogP contribution in [0.15, 0.2) is 0 Å². The second-order valence-electron chi connectivity index (χ2n) is 3.69. The molecule has 0 aromatic rings. The monoisotopic (exact) mass is 202 g/mol. The Bertz CT molecular complexity index is 138. The Morgan fingerprint density at radius 2 is 2.43 bits per heavy atom. The third kappa shape index (κ3) is 4.91. The van der Waals surface area contributed by atoms with Gasteiger partial charge in [0.25, 0.3) is 0 Å². The summed E-state index contributed by atoms with van der Waals surface area (Å²) in [5.74, 6) is 0. The van der Waals surface area contributed by atoms with Gasteiger partial charge in [0, 0.05) is 32.3 Å². The topological polar surface area (TPSA) is 33.7 Å². The van der Waals surface area contributed by atoms with Gasteiger partial charge in [-0.3, -0.25) is 0 Å². The normalized spacial score (nSPS) is 22.9. The highest BCUT2D eigenvalue weighted by Crippen LogP contribution is 1.95. The Labute approximate surface area is 86.6 Å². The molecule has 0 bridgehead atoms. The second-order valence-corrected chi connectivity index (χ2v) is 3.69. The van der Waals surface area contributed by atoms with Crippen LogP contribution in [0.3, 0.4) is 0 Å². The van der Waals surface area contributed by atoms with Crippen LogP contribution in [0.4, 0.5) is 0 Å². The van der Waals surface area contributed by atoms with Crippen molar-refractivity contribution in [2.45, 2.75) is 13.0 Å². The zero-order valence-electron chi connectivity index (χ0n) is 9.29. The molecule has 0 aliphatic carbocycles. The van der Waals surface area contributed by atoms with Crippen molar-refractivity contribution in [1.82, 2.24) is 10.2 Å². The highest BCUT2D eigenvalue weighted by Gasteiger charge is 2.14. The van der Waals surface area contributed by atoms with Gasteiger partial charge in [-0.1, -0.05) is 0 Å². The molecule has 0 aromatic carbocycles. The molecule has 0 spiro atoms. The molecule has 0 saturated carbocycles. The van der Waals surface area contributed by atoms with Crippen LogP contribution in [0.5, 0.6) is 0 Å². The van der Waals surface area contributed by atoms with Gasteiger partial charge in [-0.25, -0.2) is 0 Å². The lowest BCUT2D eigenvalue weighted by atomic mass is 10.2. The molecule has 1 rings (SSSR count). The summed E-state index contributed by atoms with van der Waals surface area (Å²) >= 11 is 0. The summed E-state index contributed by atoms with van der Waals surface area (Å²) in [6.45, 7) is 8.33. The summed E-state index contributed by atoms with van der Waals surface area (Å²) < 4.78 is 10.7. The third-order valence-corrected chi connectivity index (χ3v) is 2.35. The molecular weight excluding hydrogens is 180 g/mol. The first kappa shape index (κ1) is 11.9. The largest absolute Gasteiger partial charge is 0.380 e. The first-order valence-electron chi connectivity index (χ1n) is 5.40. The molecule has 0 aromatic heterocycles. The fourth-order valence-corrected chi connectivity index (χ4v) is 1.57. The molecule has 4 heteroatoms. The summed E-state index contributed by atoms with van der Waals surface area (Å²) in [5.41, 5.74) is 0. The van der Waals surface area contributed by atoms with Gasteiger partial charge in [-0.2, -0.15) is 0 Å². The molecule has 1 unspecified atom stereocenters. The number of likely N-dealkylation sites (N-methyl/N-ethyl adjacent to an activating group) is 1. The van der Waals surface area contributed by atoms with Crippen molar-refractivity contribution in [3.05, 3.63) is 0 Å². The van der Waals surface area contributed by atoms with Crippen molar-refractivity contribution in [2.24, 2.45) is 0 Å². The molecule has 0 radical (unpaired) electrons. The Kier molecular flexibility index (Phi) is 6.10. The first-order chi connectivity index (χ1) is 6.83. The molecule has 1 aliphatic heterocycles. The maximum atomic E-state index is 5.39. The van der Waals surface area contributed by atoms with E-state index in [-0.39, 0.29) is 0 Å². The van der Waals surface area contributed by atoms with Crippen LogP contribution in [-0.4, -0.2) is 64.1 Å². The fraction of sp³-hybridized carbons (Fsp3) is 1.00. The highest BCUT2D eigenvalue weighted by molar-refractivity contribution is 4.73. The van der Waals surface area contributed by atoms with Gasteiger partial charge in [0.1, 0.15) is 0 Å². The lowest BCUT2D eigenvalue weighted by molar-refractivity contribution is 0.0588. The van der Waals surface area contributed by atoms with Gasteiger partial charge < -0.3 is 19.7 Å². The van der Waals surface area contributed by atoms with Crippen molar-refractivity contribution in [1.29, 1.82) is 0 Å². The molecule has 1 heterocycles. The van der Waals surface area contributed by atoms with Gasteiger partial charge in [-0.05, 0) is 14.0 Å². The van der Waals surface area contributed by atoms with Gasteiger partial charge in [0.15, 0.2) is 0 Å². The van der Waals surface area contributed by atoms with Gasteiger partial charge >= 0.3 is 0 Å². The minimum Gasteiger partial charge on any atom is -0.380 e. The minimum atomic E-state index is 0.482. The van der Waals surface area contributed by atoms with Crippen LogP contribution < -0.4 is 5.32 Å². The zero-order valence-corrected chi connectivity index (χ0v) is 9.29. The highest BCUT2D eigenvalue weighted by atomic mass is 16.5. The van der Waals surface area contributed by atoms with E-state index in [1.165, 1.54) is 0 Å². The number of nitrogens with one attached hydrogen (secondary N) is 1. The molecule has 4 nitrogen and oxygen atoms in total. The minimum absolute atomic E-state index is 0.482. The van der Waals surface area contributed by atoms with Gasteiger partial charge in [0.2, 0.25) is 0 Å². The molecule has 1 atom stereocenters. The number of morpholine rings is 1. The van der Waals surface area contributed by atoms with E-state index in [1.54, 1.807) is 0 Å². The molecule has 0 amide bonds. The van der Waals surface area contributed by atoms with E-state index >= 15 is 0 Å². The fourth-order valence-electron chi connectivity index (χ4n) is 1.57. The molecular formula is C10H22N2O2. The first-order valence-corrected chi connectivity index (χ1v) is 5.40. The standard InChI is InChI=1S/C10H22N2O2/c1-3-13-7-5-12(2)8-10-9-14-6-4-11-10/h10-11H,3-9H2,1-2H3. The summed E-state index contributed by atoms with van der Waals surface area (Å²) in [6, 6.07) is 0.482. The maximum absolute atomic E-state index is 5.39. The maximum Gasteiger partial charge on any atom is 0.0632 e. The Hall–Kier alpha value is -0.160. The average Bonchev–Trinajstić information content (AvgIpc) is 2.20. The molecule has 1 saturated heterocycles. The lowest BCUT2D eigenvalue weighted by Gasteiger charge is -2.28. The van der Waals surface area contributed by atoms with E-state index in [0.717, 1.165) is 46.1 Å². The number of hydrogen-bond donors (Lipinski definition) is 1. The van der Waals surface area contributed by atoms with E-state index in [9.17, 15) is 0 Å². The van der Waals surface area contributed by atoms with Gasteiger partial charge in [0.05, 0.1) is 19.8 Å². The van der Waals surface area contributed by atoms with Crippen LogP contribution >= 0.6 is 0 Å². The quantitative estimate of drug-likeness (QED) is 0.612. The van der Waals surface area contributed by atoms with Crippen molar-refractivity contribution in [2.75, 3.05) is 53.1 Å². The van der Waals surface area contributed by atoms with E-state index in [0.29, 0.717) is 6.04 Å². The molecule has 14 heavy (non-hydrogen) atoms. The number of hydrogen-bond acceptors (Lipinski definition) is 4. The van der Waals surface area contributed by atoms with Crippen molar-refractivity contribution in [3.63, 3.8) is 0 Å². The number of nitrogens with zero attached hydrogens (tertiary/aromatic N) is 1. The predicted octanol–water partition coefficient (Wildman–Crippen LogP) is -0.0569. The number of rotatable bonds is 6. The Morgan fingerprint density at radius 1 is 1.57 bits per heavy atom. The van der Waals surface area contributed by atoms with E-state index in [2.05, 4.69) is 17.3 Å². The van der Waals surface area contributed by atoms with E-state index in [4.69, 9.17) is 9.47 Å². The summed E-state index contributed by atoms with van der Waals surface area (Å²) in [4.78, 5) is 2.28. The third-order valence-electron chi connectivity index (χ3n) is 2.35. The van der Waals surface area contributed by atoms with E-state index in [1.807, 2.05) is 6.92 Å². The SMILES string of the molecule is CCOCCN(C)CC1COCCN1. The second kappa shape index (κ2) is 7.17. The van der Waals surface area contributed by atoms with Crippen LogP contribution in [0.2, 0.25) is 0 Å². The van der Waals surface area contributed by atoms with E-state index < -0.39 is 0 Å². The average molecular weight is 202 g/mol. The van der Waals surface area contributed by atoms with Crippen LogP contribution in [0.1, 0.15) is 6.92 Å². The van der Waals surface area contributed by atoms with Crippen LogP contribution in [0, 0.1) is 0 Å². The Balaban J connectivity index is 2.03. The smallest absolute Gasteiger partial charge is 0.0632 e. The van der Waals surface area contributed by atoms with Crippen LogP contribution in [-0.2, 0) is 9.47 Å². The van der Waals surface area contributed by atoms with Crippen LogP contribution in [0.25, 0.3) is 0 Å². The summed E-state index contributed by atoms with van der Waals surface area (Å²) in [6.07, 6.45) is 0. The number of ether oxygens (including phenoxy) is 2. The van der Waals surface area contributed by atoms with Crippen molar-refractivity contribution < 1.29 is 9.47 Å².